The van der Waals surface area contributed by atoms with Gasteiger partial charge in [-0.05, 0) is 29.8 Å². The normalized spacial score (nSPS) is 10.7. The van der Waals surface area contributed by atoms with Gasteiger partial charge in [-0.25, -0.2) is 9.48 Å². The van der Waals surface area contributed by atoms with Crippen molar-refractivity contribution in [2.45, 2.75) is 6.54 Å². The molecule has 6 nitrogen and oxygen atoms in total. The lowest BCUT2D eigenvalue weighted by atomic mass is 10.1. The molecule has 1 heterocycles. The summed E-state index contributed by atoms with van der Waals surface area (Å²) in [5, 5.41) is 17.4. The van der Waals surface area contributed by atoms with Crippen molar-refractivity contribution in [3.8, 4) is 5.75 Å². The van der Waals surface area contributed by atoms with Crippen LogP contribution in [0.3, 0.4) is 0 Å². The molecule has 0 aliphatic rings. The van der Waals surface area contributed by atoms with Gasteiger partial charge in [0, 0.05) is 0 Å². The van der Waals surface area contributed by atoms with E-state index < -0.39 is 5.97 Å². The number of ether oxygens (including phenoxy) is 1. The zero-order chi connectivity index (χ0) is 14.8. The summed E-state index contributed by atoms with van der Waals surface area (Å²) < 4.78 is 6.77. The summed E-state index contributed by atoms with van der Waals surface area (Å²) in [6, 6.07) is 12.5. The highest BCUT2D eigenvalue weighted by Gasteiger charge is 2.14. The van der Waals surface area contributed by atoms with Gasteiger partial charge < -0.3 is 9.84 Å². The van der Waals surface area contributed by atoms with Crippen LogP contribution in [0, 0.1) is 0 Å². The number of fused-ring (bicyclic) bond motifs is 1. The summed E-state index contributed by atoms with van der Waals surface area (Å²) in [5.41, 5.74) is 2.24. The molecule has 0 saturated carbocycles. The van der Waals surface area contributed by atoms with Gasteiger partial charge in [0.05, 0.1) is 19.2 Å². The Morgan fingerprint density at radius 2 is 2.10 bits per heavy atom. The number of aromatic nitrogens is 3. The lowest BCUT2D eigenvalue weighted by Crippen LogP contribution is -2.06. The number of nitrogens with zero attached hydrogens (tertiary/aromatic N) is 3. The smallest absolute Gasteiger partial charge is 0.337 e. The molecule has 0 radical (unpaired) electrons. The van der Waals surface area contributed by atoms with Gasteiger partial charge in [0.1, 0.15) is 16.8 Å². The minimum atomic E-state index is -0.991. The van der Waals surface area contributed by atoms with Gasteiger partial charge in [0.2, 0.25) is 0 Å². The van der Waals surface area contributed by atoms with Crippen LogP contribution < -0.4 is 4.74 Å². The number of carboxylic acids is 1. The number of hydrogen-bond acceptors (Lipinski definition) is 4. The maximum atomic E-state index is 11.3. The average molecular weight is 283 g/mol. The van der Waals surface area contributed by atoms with E-state index >= 15 is 0 Å². The predicted molar refractivity (Wildman–Crippen MR) is 76.6 cm³/mol. The number of methoxy groups -OCH3 is 1. The van der Waals surface area contributed by atoms with E-state index in [2.05, 4.69) is 10.3 Å². The highest BCUT2D eigenvalue weighted by atomic mass is 16.5. The molecule has 6 heteroatoms. The molecule has 2 aromatic carbocycles. The van der Waals surface area contributed by atoms with Crippen molar-refractivity contribution >= 4 is 17.0 Å². The number of benzene rings is 2. The highest BCUT2D eigenvalue weighted by molar-refractivity contribution is 6.00. The number of carbonyl (C=O) groups is 1. The summed E-state index contributed by atoms with van der Waals surface area (Å²) in [7, 11) is 1.60. The number of aromatic carboxylic acids is 1. The summed E-state index contributed by atoms with van der Waals surface area (Å²) in [6.07, 6.45) is 0. The molecule has 1 aromatic heterocycles. The Kier molecular flexibility index (Phi) is 3.27. The van der Waals surface area contributed by atoms with Crippen molar-refractivity contribution in [2.24, 2.45) is 0 Å². The van der Waals surface area contributed by atoms with E-state index in [4.69, 9.17) is 4.74 Å². The fraction of sp³-hybridized carbons (Fsp3) is 0.133. The van der Waals surface area contributed by atoms with Crippen LogP contribution in [0.2, 0.25) is 0 Å². The molecule has 0 aliphatic carbocycles. The van der Waals surface area contributed by atoms with Crippen LogP contribution in [0.25, 0.3) is 11.0 Å². The lowest BCUT2D eigenvalue weighted by Gasteiger charge is -2.06. The number of hydrogen-bond donors (Lipinski definition) is 1. The maximum absolute atomic E-state index is 11.3. The fourth-order valence-corrected chi connectivity index (χ4v) is 2.26. The zero-order valence-electron chi connectivity index (χ0n) is 11.4. The van der Waals surface area contributed by atoms with Crippen molar-refractivity contribution in [1.29, 1.82) is 0 Å². The highest BCUT2D eigenvalue weighted by Crippen LogP contribution is 2.19. The maximum Gasteiger partial charge on any atom is 0.337 e. The summed E-state index contributed by atoms with van der Waals surface area (Å²) >= 11 is 0. The van der Waals surface area contributed by atoms with Gasteiger partial charge >= 0.3 is 5.97 Å². The van der Waals surface area contributed by atoms with Gasteiger partial charge in [-0.1, -0.05) is 23.4 Å². The lowest BCUT2D eigenvalue weighted by molar-refractivity contribution is 0.0698. The van der Waals surface area contributed by atoms with Crippen LogP contribution in [-0.4, -0.2) is 33.2 Å². The Labute approximate surface area is 120 Å². The van der Waals surface area contributed by atoms with Gasteiger partial charge in [-0.3, -0.25) is 0 Å². The molecule has 3 aromatic rings. The molecule has 0 unspecified atom stereocenters. The monoisotopic (exact) mass is 283 g/mol. The summed E-state index contributed by atoms with van der Waals surface area (Å²) in [5.74, 6) is -0.245. The standard InChI is InChI=1S/C15H13N3O3/c1-21-11-5-2-4-10(8-11)9-18-14-12(15(19)20)6-3-7-13(14)16-17-18/h2-8H,9H2,1H3,(H,19,20). The SMILES string of the molecule is COc1cccc(Cn2nnc3cccc(C(=O)O)c32)c1. The molecular weight excluding hydrogens is 270 g/mol. The minimum absolute atomic E-state index is 0.195. The zero-order valence-corrected chi connectivity index (χ0v) is 11.4. The summed E-state index contributed by atoms with van der Waals surface area (Å²) in [4.78, 5) is 11.3. The molecule has 0 atom stereocenters. The van der Waals surface area contributed by atoms with E-state index in [-0.39, 0.29) is 5.56 Å². The van der Waals surface area contributed by atoms with Crippen molar-refractivity contribution < 1.29 is 14.6 Å². The first-order valence-corrected chi connectivity index (χ1v) is 6.37. The molecule has 0 amide bonds. The number of carboxylic acid groups (broad SMARTS) is 1. The van der Waals surface area contributed by atoms with Crippen LogP contribution in [0.5, 0.6) is 5.75 Å². The molecule has 0 saturated heterocycles. The van der Waals surface area contributed by atoms with Crippen LogP contribution in [0.1, 0.15) is 15.9 Å². The van der Waals surface area contributed by atoms with Gasteiger partial charge in [0.15, 0.2) is 0 Å². The predicted octanol–water partition coefficient (Wildman–Crippen LogP) is 2.19. The Balaban J connectivity index is 2.06. The van der Waals surface area contributed by atoms with Crippen molar-refractivity contribution in [2.75, 3.05) is 7.11 Å². The molecule has 0 bridgehead atoms. The van der Waals surface area contributed by atoms with E-state index in [9.17, 15) is 9.90 Å². The molecular formula is C15H13N3O3. The average Bonchev–Trinajstić information content (AvgIpc) is 2.90. The number of para-hydroxylation sites is 1. The fourth-order valence-electron chi connectivity index (χ4n) is 2.26. The molecule has 21 heavy (non-hydrogen) atoms. The number of rotatable bonds is 4. The molecule has 106 valence electrons. The molecule has 0 aliphatic heterocycles. The molecule has 0 fully saturated rings. The minimum Gasteiger partial charge on any atom is -0.497 e. The van der Waals surface area contributed by atoms with Crippen molar-refractivity contribution in [3.05, 3.63) is 53.6 Å². The Bertz CT molecular complexity index is 811. The Morgan fingerprint density at radius 1 is 1.29 bits per heavy atom. The molecule has 3 rings (SSSR count). The van der Waals surface area contributed by atoms with Crippen LogP contribution >= 0.6 is 0 Å². The first-order chi connectivity index (χ1) is 10.2. The van der Waals surface area contributed by atoms with Crippen LogP contribution in [0.4, 0.5) is 0 Å². The second-order valence-electron chi connectivity index (χ2n) is 4.58. The third-order valence-electron chi connectivity index (χ3n) is 3.23. The summed E-state index contributed by atoms with van der Waals surface area (Å²) in [6.45, 7) is 0.429. The second kappa shape index (κ2) is 5.24. The van der Waals surface area contributed by atoms with Gasteiger partial charge in [-0.2, -0.15) is 0 Å². The Morgan fingerprint density at radius 3 is 2.86 bits per heavy atom. The largest absolute Gasteiger partial charge is 0.497 e. The van der Waals surface area contributed by atoms with Crippen LogP contribution in [0.15, 0.2) is 42.5 Å². The van der Waals surface area contributed by atoms with E-state index in [1.165, 1.54) is 0 Å². The van der Waals surface area contributed by atoms with E-state index in [0.717, 1.165) is 11.3 Å². The van der Waals surface area contributed by atoms with Gasteiger partial charge in [-0.15, -0.1) is 5.10 Å². The third-order valence-corrected chi connectivity index (χ3v) is 3.23. The first-order valence-electron chi connectivity index (χ1n) is 6.37. The Hall–Kier alpha value is -2.89. The first kappa shape index (κ1) is 13.1. The molecule has 1 N–H and O–H groups in total. The molecule has 0 spiro atoms. The third kappa shape index (κ3) is 2.43. The van der Waals surface area contributed by atoms with E-state index in [0.29, 0.717) is 17.6 Å². The van der Waals surface area contributed by atoms with Crippen molar-refractivity contribution in [1.82, 2.24) is 15.0 Å². The van der Waals surface area contributed by atoms with Gasteiger partial charge in [0.25, 0.3) is 0 Å². The quantitative estimate of drug-likeness (QED) is 0.794. The van der Waals surface area contributed by atoms with Crippen molar-refractivity contribution in [3.63, 3.8) is 0 Å². The topological polar surface area (TPSA) is 77.2 Å². The van der Waals surface area contributed by atoms with Crippen LogP contribution in [-0.2, 0) is 6.54 Å². The van der Waals surface area contributed by atoms with E-state index in [1.807, 2.05) is 24.3 Å². The second-order valence-corrected chi connectivity index (χ2v) is 4.58. The van der Waals surface area contributed by atoms with E-state index in [1.54, 1.807) is 30.0 Å².